The largest absolute Gasteiger partial charge is 0.489 e. The number of nitrogens with two attached hydrogens (primary N) is 1. The smallest absolute Gasteiger partial charge is 0.354 e. The van der Waals surface area contributed by atoms with Crippen LogP contribution >= 0.6 is 23.2 Å². The van der Waals surface area contributed by atoms with E-state index in [0.717, 1.165) is 9.24 Å². The Morgan fingerprint density at radius 2 is 1.79 bits per heavy atom. The fourth-order valence-electron chi connectivity index (χ4n) is 4.10. The van der Waals surface area contributed by atoms with E-state index >= 15 is 0 Å². The molecule has 1 aliphatic heterocycles. The van der Waals surface area contributed by atoms with Gasteiger partial charge in [0.15, 0.2) is 0 Å². The second-order valence-corrected chi connectivity index (χ2v) is 10.2. The van der Waals surface area contributed by atoms with Gasteiger partial charge in [0, 0.05) is 24.3 Å². The summed E-state index contributed by atoms with van der Waals surface area (Å²) in [4.78, 5) is 44.0. The number of rotatable bonds is 8. The Hall–Kier alpha value is -3.54. The molecule has 1 saturated heterocycles. The first-order valence-electron chi connectivity index (χ1n) is 12.5. The van der Waals surface area contributed by atoms with Crippen LogP contribution in [0.1, 0.15) is 32.3 Å². The third kappa shape index (κ3) is 7.11. The van der Waals surface area contributed by atoms with Crippen molar-refractivity contribution in [1.82, 2.24) is 19.1 Å². The molecule has 1 aliphatic rings. The maximum atomic E-state index is 13.6. The molecule has 3 aromatic rings. The van der Waals surface area contributed by atoms with Gasteiger partial charge in [0.1, 0.15) is 12.3 Å². The van der Waals surface area contributed by atoms with Gasteiger partial charge in [-0.25, -0.2) is 19.1 Å². The second-order valence-electron chi connectivity index (χ2n) is 9.38. The van der Waals surface area contributed by atoms with E-state index in [0.29, 0.717) is 53.1 Å². The number of nitrogen functional groups attached to an aromatic ring is 1. The van der Waals surface area contributed by atoms with Crippen LogP contribution in [0.2, 0.25) is 10.0 Å². The Labute approximate surface area is 234 Å². The Bertz CT molecular complexity index is 1520. The van der Waals surface area contributed by atoms with Crippen molar-refractivity contribution in [3.05, 3.63) is 84.7 Å². The van der Waals surface area contributed by atoms with Gasteiger partial charge < -0.3 is 20.6 Å². The number of carbonyl (C=O) groups is 1. The van der Waals surface area contributed by atoms with Crippen LogP contribution in [0.3, 0.4) is 0 Å². The second kappa shape index (κ2) is 12.5. The summed E-state index contributed by atoms with van der Waals surface area (Å²) in [5, 5.41) is 3.68. The number of amides is 1. The van der Waals surface area contributed by atoms with Crippen LogP contribution in [-0.2, 0) is 22.6 Å². The molecule has 0 saturated carbocycles. The van der Waals surface area contributed by atoms with Crippen LogP contribution in [0.5, 0.6) is 5.75 Å². The fraction of sp³-hybridized carbons (Fsp3) is 0.385. The molecule has 3 N–H and O–H groups in total. The molecule has 4 rings (SSSR count). The van der Waals surface area contributed by atoms with Crippen molar-refractivity contribution in [3.8, 4) is 5.75 Å². The summed E-state index contributed by atoms with van der Waals surface area (Å²) in [5.41, 5.74) is -0.723. The maximum Gasteiger partial charge on any atom is 0.354 e. The first-order chi connectivity index (χ1) is 18.6. The standard InChI is InChI=1S/C26H30Cl2N6O5/c1-16(2)39-22-8-7-20(13-21(22)28)31-24-32(14-17-3-5-18(27)6-4-17)25(36)33(26(37)34(24)29)15-23(35)30-19-9-11-38-12-10-19/h3-8,13,16,19H,9-12,14-15,29H2,1-2H3,(H,30,35). The van der Waals surface area contributed by atoms with Gasteiger partial charge in [-0.3, -0.25) is 9.36 Å². The molecule has 1 amide bonds. The van der Waals surface area contributed by atoms with Gasteiger partial charge in [0.2, 0.25) is 11.5 Å². The monoisotopic (exact) mass is 576 g/mol. The Morgan fingerprint density at radius 3 is 2.44 bits per heavy atom. The van der Waals surface area contributed by atoms with Crippen molar-refractivity contribution in [2.45, 2.75) is 51.9 Å². The lowest BCUT2D eigenvalue weighted by molar-refractivity contribution is -0.123. The van der Waals surface area contributed by atoms with E-state index in [-0.39, 0.29) is 24.3 Å². The molecular weight excluding hydrogens is 547 g/mol. The molecule has 208 valence electrons. The van der Waals surface area contributed by atoms with E-state index in [2.05, 4.69) is 10.3 Å². The molecule has 0 unspecified atom stereocenters. The average Bonchev–Trinajstić information content (AvgIpc) is 2.90. The average molecular weight is 577 g/mol. The summed E-state index contributed by atoms with van der Waals surface area (Å²) in [6, 6.07) is 11.6. The van der Waals surface area contributed by atoms with E-state index in [1.807, 2.05) is 13.8 Å². The minimum Gasteiger partial charge on any atom is -0.489 e. The summed E-state index contributed by atoms with van der Waals surface area (Å²) >= 11 is 12.4. The molecule has 11 nitrogen and oxygen atoms in total. The topological polar surface area (TPSA) is 135 Å². The maximum absolute atomic E-state index is 13.6. The van der Waals surface area contributed by atoms with Crippen molar-refractivity contribution >= 4 is 34.8 Å². The van der Waals surface area contributed by atoms with Crippen molar-refractivity contribution in [3.63, 3.8) is 0 Å². The van der Waals surface area contributed by atoms with Gasteiger partial charge in [-0.1, -0.05) is 35.3 Å². The summed E-state index contributed by atoms with van der Waals surface area (Å²) in [6.45, 7) is 4.33. The molecule has 0 atom stereocenters. The zero-order chi connectivity index (χ0) is 28.1. The van der Waals surface area contributed by atoms with Crippen LogP contribution in [-0.4, -0.2) is 45.1 Å². The zero-order valence-corrected chi connectivity index (χ0v) is 23.1. The van der Waals surface area contributed by atoms with Crippen LogP contribution in [0.25, 0.3) is 0 Å². The number of hydrogen-bond acceptors (Lipinski definition) is 7. The number of aromatic nitrogens is 3. The first kappa shape index (κ1) is 28.5. The summed E-state index contributed by atoms with van der Waals surface area (Å²) < 4.78 is 13.7. The van der Waals surface area contributed by atoms with Crippen LogP contribution < -0.4 is 32.9 Å². The normalized spacial score (nSPS) is 14.5. The Balaban J connectivity index is 1.78. The number of nitrogens with one attached hydrogen (secondary N) is 1. The number of ether oxygens (including phenoxy) is 2. The van der Waals surface area contributed by atoms with E-state index in [1.165, 1.54) is 4.57 Å². The SMILES string of the molecule is CC(C)Oc1ccc(N=c2n(N)c(=O)n(CC(=O)NC3CCOCC3)c(=O)n2Cc2ccc(Cl)cc2)cc1Cl. The molecule has 0 radical (unpaired) electrons. The highest BCUT2D eigenvalue weighted by Crippen LogP contribution is 2.29. The number of halogens is 2. The lowest BCUT2D eigenvalue weighted by Gasteiger charge is -2.23. The van der Waals surface area contributed by atoms with Gasteiger partial charge in [-0.2, -0.15) is 4.68 Å². The number of benzene rings is 2. The molecule has 39 heavy (non-hydrogen) atoms. The van der Waals surface area contributed by atoms with Gasteiger partial charge in [-0.05, 0) is 62.6 Å². The van der Waals surface area contributed by atoms with Crippen molar-refractivity contribution in [2.75, 3.05) is 19.1 Å². The molecule has 2 heterocycles. The van der Waals surface area contributed by atoms with E-state index in [4.69, 9.17) is 38.5 Å². The van der Waals surface area contributed by atoms with Crippen molar-refractivity contribution < 1.29 is 14.3 Å². The fourth-order valence-corrected chi connectivity index (χ4v) is 4.45. The molecular formula is C26H30Cl2N6O5. The van der Waals surface area contributed by atoms with Gasteiger partial charge in [-0.15, -0.1) is 0 Å². The highest BCUT2D eigenvalue weighted by atomic mass is 35.5. The van der Waals surface area contributed by atoms with Crippen molar-refractivity contribution in [2.24, 2.45) is 4.99 Å². The van der Waals surface area contributed by atoms with Gasteiger partial charge in [0.05, 0.1) is 23.4 Å². The summed E-state index contributed by atoms with van der Waals surface area (Å²) in [6.07, 6.45) is 1.22. The quantitative estimate of drug-likeness (QED) is 0.395. The van der Waals surface area contributed by atoms with E-state index < -0.39 is 23.8 Å². The van der Waals surface area contributed by atoms with Crippen LogP contribution in [0.4, 0.5) is 5.69 Å². The van der Waals surface area contributed by atoms with Crippen LogP contribution in [0.15, 0.2) is 57.0 Å². The lowest BCUT2D eigenvalue weighted by atomic mass is 10.1. The van der Waals surface area contributed by atoms with Gasteiger partial charge in [0.25, 0.3) is 0 Å². The zero-order valence-electron chi connectivity index (χ0n) is 21.6. The highest BCUT2D eigenvalue weighted by molar-refractivity contribution is 6.32. The lowest BCUT2D eigenvalue weighted by Crippen LogP contribution is -2.58. The third-order valence-electron chi connectivity index (χ3n) is 6.00. The third-order valence-corrected chi connectivity index (χ3v) is 6.55. The molecule has 1 fully saturated rings. The number of nitrogens with zero attached hydrogens (tertiary/aromatic N) is 4. The highest BCUT2D eigenvalue weighted by Gasteiger charge is 2.20. The minimum absolute atomic E-state index is 0.0101. The predicted octanol–water partition coefficient (Wildman–Crippen LogP) is 2.20. The Kier molecular flexibility index (Phi) is 9.16. The number of carbonyl (C=O) groups excluding carboxylic acids is 1. The van der Waals surface area contributed by atoms with E-state index in [1.54, 1.807) is 42.5 Å². The molecule has 0 spiro atoms. The van der Waals surface area contributed by atoms with E-state index in [9.17, 15) is 14.4 Å². The Morgan fingerprint density at radius 1 is 1.10 bits per heavy atom. The van der Waals surface area contributed by atoms with Crippen molar-refractivity contribution in [1.29, 1.82) is 0 Å². The molecule has 2 aromatic carbocycles. The number of hydrogen-bond donors (Lipinski definition) is 2. The van der Waals surface area contributed by atoms with Crippen LogP contribution in [0, 0.1) is 0 Å². The predicted molar refractivity (Wildman–Crippen MR) is 148 cm³/mol. The minimum atomic E-state index is -0.890. The molecule has 0 aliphatic carbocycles. The summed E-state index contributed by atoms with van der Waals surface area (Å²) in [5.74, 6) is 6.17. The molecule has 13 heteroatoms. The van der Waals surface area contributed by atoms with Gasteiger partial charge >= 0.3 is 11.4 Å². The first-order valence-corrected chi connectivity index (χ1v) is 13.2. The summed E-state index contributed by atoms with van der Waals surface area (Å²) in [7, 11) is 0. The molecule has 1 aromatic heterocycles. The molecule has 0 bridgehead atoms.